The van der Waals surface area contributed by atoms with Gasteiger partial charge < -0.3 is 15.3 Å². The Morgan fingerprint density at radius 3 is 2.53 bits per heavy atom. The minimum absolute atomic E-state index is 0.319. The summed E-state index contributed by atoms with van der Waals surface area (Å²) in [6, 6.07) is 5.57. The largest absolute Gasteiger partial charge is 0.481 e. The van der Waals surface area contributed by atoms with E-state index in [1.807, 2.05) is 26.2 Å². The van der Waals surface area contributed by atoms with Crippen LogP contribution in [0.4, 0.5) is 0 Å². The number of likely N-dealkylation sites (N-methyl/N-ethyl adjacent to an activating group) is 1. The summed E-state index contributed by atoms with van der Waals surface area (Å²) >= 11 is 12.4. The van der Waals surface area contributed by atoms with Crippen molar-refractivity contribution < 1.29 is 9.90 Å². The highest BCUT2D eigenvalue weighted by Gasteiger charge is 2.24. The lowest BCUT2D eigenvalue weighted by Crippen LogP contribution is -2.32. The fraction of sp³-hybridized carbons (Fsp3) is 0.448. The van der Waals surface area contributed by atoms with Gasteiger partial charge in [-0.1, -0.05) is 66.9 Å². The Kier molecular flexibility index (Phi) is 10.3. The van der Waals surface area contributed by atoms with Gasteiger partial charge in [0.1, 0.15) is 5.84 Å². The lowest BCUT2D eigenvalue weighted by Gasteiger charge is -2.16. The van der Waals surface area contributed by atoms with E-state index in [1.54, 1.807) is 6.07 Å². The number of carbonyl (C=O) groups is 1. The number of aliphatic carboxylic acids is 1. The molecule has 2 aliphatic rings. The van der Waals surface area contributed by atoms with Crippen LogP contribution < -0.4 is 5.32 Å². The van der Waals surface area contributed by atoms with Crippen LogP contribution in [-0.4, -0.2) is 42.5 Å². The maximum atomic E-state index is 12.1. The van der Waals surface area contributed by atoms with Crippen molar-refractivity contribution in [3.63, 3.8) is 0 Å². The lowest BCUT2D eigenvalue weighted by molar-refractivity contribution is -0.141. The molecule has 1 heterocycles. The van der Waals surface area contributed by atoms with Crippen LogP contribution in [0, 0.1) is 11.8 Å². The highest BCUT2D eigenvalue weighted by molar-refractivity contribution is 6.42. The second-order valence-corrected chi connectivity index (χ2v) is 10.9. The molecule has 0 radical (unpaired) electrons. The molecule has 0 amide bonds. The summed E-state index contributed by atoms with van der Waals surface area (Å²) in [4.78, 5) is 19.1. The van der Waals surface area contributed by atoms with Crippen molar-refractivity contribution in [2.45, 2.75) is 52.4 Å². The average Bonchev–Trinajstić information content (AvgIpc) is 3.24. The van der Waals surface area contributed by atoms with Gasteiger partial charge in [0.05, 0.1) is 21.7 Å². The fourth-order valence-corrected chi connectivity index (χ4v) is 4.75. The SMILES string of the molecule is CC(C)CC1=C(c2ccc(Cl)c(Cl)c2)N=C(NCC(CC2=C/CCC/C=C(N(C)C)/C=C\2)C(=O)O)C1. The maximum absolute atomic E-state index is 12.1. The number of hydrogen-bond acceptors (Lipinski definition) is 4. The predicted molar refractivity (Wildman–Crippen MR) is 151 cm³/mol. The van der Waals surface area contributed by atoms with Crippen molar-refractivity contribution in [2.75, 3.05) is 20.6 Å². The third-order valence-corrected chi connectivity index (χ3v) is 7.09. The summed E-state index contributed by atoms with van der Waals surface area (Å²) in [5.74, 6) is -0.0884. The molecule has 0 saturated heterocycles. The maximum Gasteiger partial charge on any atom is 0.308 e. The standard InChI is InChI=1S/C29H37Cl2N3O2/c1-19(2)14-22-17-27(33-28(22)21-11-13-25(30)26(31)16-21)32-18-23(29(35)36)15-20-8-6-5-7-9-24(12-10-20)34(3)4/h8-13,16,19,23H,5-7,14-15,17-18H2,1-4H3,(H,32,33)(H,35,36)/b12-10-,20-8+,24-9-. The molecule has 0 aromatic heterocycles. The van der Waals surface area contributed by atoms with Gasteiger partial charge in [-0.2, -0.15) is 0 Å². The van der Waals surface area contributed by atoms with Crippen LogP contribution >= 0.6 is 23.2 Å². The van der Waals surface area contributed by atoms with Crippen molar-refractivity contribution in [1.29, 1.82) is 0 Å². The third-order valence-electron chi connectivity index (χ3n) is 6.35. The quantitative estimate of drug-likeness (QED) is 0.351. The van der Waals surface area contributed by atoms with E-state index in [9.17, 15) is 9.90 Å². The van der Waals surface area contributed by atoms with E-state index in [-0.39, 0.29) is 0 Å². The van der Waals surface area contributed by atoms with Gasteiger partial charge >= 0.3 is 5.97 Å². The van der Waals surface area contributed by atoms with Gasteiger partial charge in [-0.05, 0) is 61.8 Å². The molecule has 36 heavy (non-hydrogen) atoms. The summed E-state index contributed by atoms with van der Waals surface area (Å²) in [7, 11) is 4.05. The van der Waals surface area contributed by atoms with Crippen LogP contribution in [0.15, 0.2) is 64.3 Å². The van der Waals surface area contributed by atoms with Crippen molar-refractivity contribution >= 4 is 40.7 Å². The van der Waals surface area contributed by atoms with E-state index in [0.29, 0.717) is 35.3 Å². The number of benzene rings is 1. The molecule has 194 valence electrons. The number of carboxylic acid groups (broad SMARTS) is 1. The molecule has 1 aromatic carbocycles. The Bertz CT molecular complexity index is 1110. The molecule has 1 aromatic rings. The predicted octanol–water partition coefficient (Wildman–Crippen LogP) is 7.35. The van der Waals surface area contributed by atoms with Crippen molar-refractivity contribution in [2.24, 2.45) is 16.8 Å². The number of rotatable bonds is 9. The third kappa shape index (κ3) is 8.01. The minimum atomic E-state index is -0.807. The Balaban J connectivity index is 1.73. The lowest BCUT2D eigenvalue weighted by atomic mass is 9.96. The van der Waals surface area contributed by atoms with Gasteiger partial charge in [-0.15, -0.1) is 0 Å². The van der Waals surface area contributed by atoms with Gasteiger partial charge in [0.15, 0.2) is 0 Å². The monoisotopic (exact) mass is 529 g/mol. The number of allylic oxidation sites excluding steroid dienone is 5. The molecular formula is C29H37Cl2N3O2. The molecular weight excluding hydrogens is 493 g/mol. The van der Waals surface area contributed by atoms with E-state index >= 15 is 0 Å². The summed E-state index contributed by atoms with van der Waals surface area (Å²) in [6.07, 6.45) is 13.6. The molecule has 0 bridgehead atoms. The van der Waals surface area contributed by atoms with E-state index < -0.39 is 11.9 Å². The Morgan fingerprint density at radius 2 is 1.86 bits per heavy atom. The highest BCUT2D eigenvalue weighted by Crippen LogP contribution is 2.35. The molecule has 3 rings (SSSR count). The summed E-state index contributed by atoms with van der Waals surface area (Å²) in [5, 5.41) is 14.3. The zero-order valence-electron chi connectivity index (χ0n) is 21.7. The molecule has 1 unspecified atom stereocenters. The first-order chi connectivity index (χ1) is 17.1. The molecule has 5 nitrogen and oxygen atoms in total. The first-order valence-electron chi connectivity index (χ1n) is 12.6. The van der Waals surface area contributed by atoms with Gasteiger partial charge in [0, 0.05) is 38.3 Å². The smallest absolute Gasteiger partial charge is 0.308 e. The second kappa shape index (κ2) is 13.2. The van der Waals surface area contributed by atoms with E-state index in [2.05, 4.69) is 48.4 Å². The van der Waals surface area contributed by atoms with Crippen molar-refractivity contribution in [3.05, 3.63) is 75.0 Å². The number of carboxylic acids is 1. The van der Waals surface area contributed by atoms with Gasteiger partial charge in [-0.25, -0.2) is 4.99 Å². The van der Waals surface area contributed by atoms with Crippen LogP contribution in [0.5, 0.6) is 0 Å². The van der Waals surface area contributed by atoms with Crippen molar-refractivity contribution in [3.8, 4) is 0 Å². The first-order valence-corrected chi connectivity index (χ1v) is 13.4. The molecule has 0 saturated carbocycles. The Morgan fingerprint density at radius 1 is 1.11 bits per heavy atom. The zero-order chi connectivity index (χ0) is 26.2. The van der Waals surface area contributed by atoms with Gasteiger partial charge in [-0.3, -0.25) is 4.79 Å². The van der Waals surface area contributed by atoms with Gasteiger partial charge in [0.2, 0.25) is 0 Å². The normalized spacial score (nSPS) is 20.9. The number of nitrogens with one attached hydrogen (secondary N) is 1. The summed E-state index contributed by atoms with van der Waals surface area (Å²) in [5.41, 5.74) is 5.26. The number of amidine groups is 1. The number of aliphatic imine (C=N–C) groups is 1. The van der Waals surface area contributed by atoms with E-state index in [0.717, 1.165) is 54.0 Å². The second-order valence-electron chi connectivity index (χ2n) is 10.1. The summed E-state index contributed by atoms with van der Waals surface area (Å²) in [6.45, 7) is 4.68. The number of nitrogens with zero attached hydrogens (tertiary/aromatic N) is 2. The molecule has 0 fully saturated rings. The molecule has 0 spiro atoms. The fourth-order valence-electron chi connectivity index (χ4n) is 4.45. The van der Waals surface area contributed by atoms with E-state index in [1.165, 1.54) is 5.57 Å². The van der Waals surface area contributed by atoms with Gasteiger partial charge in [0.25, 0.3) is 0 Å². The molecule has 1 atom stereocenters. The minimum Gasteiger partial charge on any atom is -0.481 e. The molecule has 7 heteroatoms. The van der Waals surface area contributed by atoms with Crippen LogP contribution in [0.25, 0.3) is 5.70 Å². The van der Waals surface area contributed by atoms with Crippen LogP contribution in [-0.2, 0) is 4.79 Å². The van der Waals surface area contributed by atoms with Crippen LogP contribution in [0.1, 0.15) is 57.9 Å². The topological polar surface area (TPSA) is 64.9 Å². The Labute approximate surface area is 225 Å². The van der Waals surface area contributed by atoms with Crippen LogP contribution in [0.3, 0.4) is 0 Å². The first kappa shape index (κ1) is 28.1. The molecule has 1 aliphatic carbocycles. The zero-order valence-corrected chi connectivity index (χ0v) is 23.2. The average molecular weight is 531 g/mol. The molecule has 1 aliphatic heterocycles. The number of halogens is 2. The number of hydrogen-bond donors (Lipinski definition) is 2. The van der Waals surface area contributed by atoms with Crippen LogP contribution in [0.2, 0.25) is 10.0 Å². The Hall–Kier alpha value is -2.50. The molecule has 2 N–H and O–H groups in total. The summed E-state index contributed by atoms with van der Waals surface area (Å²) < 4.78 is 0. The van der Waals surface area contributed by atoms with E-state index in [4.69, 9.17) is 28.2 Å². The van der Waals surface area contributed by atoms with Crippen molar-refractivity contribution in [1.82, 2.24) is 10.2 Å². The highest BCUT2D eigenvalue weighted by atomic mass is 35.5.